The first kappa shape index (κ1) is 19.0. The largest absolute Gasteiger partial charge is 0.465 e. The molecule has 0 saturated carbocycles. The van der Waals surface area contributed by atoms with Gasteiger partial charge in [-0.2, -0.15) is 0 Å². The SMILES string of the molecule is CCCCCCCCOC(=O)C1CN(CCCC)C(=O)C1C. The quantitative estimate of drug-likeness (QED) is 0.431. The van der Waals surface area contributed by atoms with Crippen molar-refractivity contribution in [2.75, 3.05) is 19.7 Å². The van der Waals surface area contributed by atoms with Crippen LogP contribution >= 0.6 is 0 Å². The summed E-state index contributed by atoms with van der Waals surface area (Å²) in [5, 5.41) is 0. The van der Waals surface area contributed by atoms with E-state index in [1.54, 1.807) is 0 Å². The molecule has 0 bridgehead atoms. The van der Waals surface area contributed by atoms with Crippen LogP contribution in [0.15, 0.2) is 0 Å². The van der Waals surface area contributed by atoms with Crippen molar-refractivity contribution in [3.63, 3.8) is 0 Å². The van der Waals surface area contributed by atoms with Crippen molar-refractivity contribution in [3.05, 3.63) is 0 Å². The van der Waals surface area contributed by atoms with Crippen LogP contribution in [0.2, 0.25) is 0 Å². The van der Waals surface area contributed by atoms with Crippen LogP contribution in [0, 0.1) is 11.8 Å². The Labute approximate surface area is 135 Å². The average Bonchev–Trinajstić information content (AvgIpc) is 2.80. The number of amides is 1. The third-order valence-electron chi connectivity index (χ3n) is 4.55. The maximum Gasteiger partial charge on any atom is 0.311 e. The van der Waals surface area contributed by atoms with Crippen LogP contribution in [-0.4, -0.2) is 36.5 Å². The molecule has 0 aromatic heterocycles. The molecule has 0 spiro atoms. The molecule has 2 unspecified atom stereocenters. The zero-order chi connectivity index (χ0) is 16.4. The van der Waals surface area contributed by atoms with Gasteiger partial charge in [0, 0.05) is 13.1 Å². The fourth-order valence-electron chi connectivity index (χ4n) is 2.94. The van der Waals surface area contributed by atoms with Gasteiger partial charge in [-0.15, -0.1) is 0 Å². The first-order valence-corrected chi connectivity index (χ1v) is 9.07. The van der Waals surface area contributed by atoms with Crippen molar-refractivity contribution in [3.8, 4) is 0 Å². The first-order chi connectivity index (χ1) is 10.6. The van der Waals surface area contributed by atoms with Crippen LogP contribution in [0.5, 0.6) is 0 Å². The van der Waals surface area contributed by atoms with E-state index >= 15 is 0 Å². The number of likely N-dealkylation sites (tertiary alicyclic amines) is 1. The van der Waals surface area contributed by atoms with Gasteiger partial charge < -0.3 is 9.64 Å². The van der Waals surface area contributed by atoms with Crippen LogP contribution < -0.4 is 0 Å². The Morgan fingerprint density at radius 1 is 1.09 bits per heavy atom. The average molecular weight is 311 g/mol. The molecule has 4 nitrogen and oxygen atoms in total. The molecule has 0 radical (unpaired) electrons. The topological polar surface area (TPSA) is 46.6 Å². The summed E-state index contributed by atoms with van der Waals surface area (Å²) in [4.78, 5) is 26.1. The lowest BCUT2D eigenvalue weighted by atomic mass is 9.98. The maximum absolute atomic E-state index is 12.2. The van der Waals surface area contributed by atoms with E-state index in [9.17, 15) is 9.59 Å². The fraction of sp³-hybridized carbons (Fsp3) is 0.889. The van der Waals surface area contributed by atoms with Gasteiger partial charge in [-0.25, -0.2) is 0 Å². The monoisotopic (exact) mass is 311 g/mol. The summed E-state index contributed by atoms with van der Waals surface area (Å²) in [6.45, 7) is 7.96. The van der Waals surface area contributed by atoms with E-state index in [1.165, 1.54) is 25.7 Å². The molecule has 1 amide bonds. The lowest BCUT2D eigenvalue weighted by Gasteiger charge is -2.15. The van der Waals surface area contributed by atoms with Gasteiger partial charge in [0.25, 0.3) is 0 Å². The number of nitrogens with zero attached hydrogens (tertiary/aromatic N) is 1. The lowest BCUT2D eigenvalue weighted by molar-refractivity contribution is -0.150. The van der Waals surface area contributed by atoms with E-state index < -0.39 is 0 Å². The van der Waals surface area contributed by atoms with E-state index in [4.69, 9.17) is 4.74 Å². The van der Waals surface area contributed by atoms with Gasteiger partial charge >= 0.3 is 5.97 Å². The number of hydrogen-bond acceptors (Lipinski definition) is 3. The summed E-state index contributed by atoms with van der Waals surface area (Å²) in [5.74, 6) is -0.582. The van der Waals surface area contributed by atoms with Crippen LogP contribution in [0.3, 0.4) is 0 Å². The lowest BCUT2D eigenvalue weighted by Crippen LogP contribution is -2.28. The second-order valence-electron chi connectivity index (χ2n) is 6.47. The Kier molecular flexibility index (Phi) is 9.17. The fourth-order valence-corrected chi connectivity index (χ4v) is 2.94. The molecule has 2 atom stereocenters. The second kappa shape index (κ2) is 10.6. The van der Waals surface area contributed by atoms with Gasteiger partial charge in [-0.1, -0.05) is 59.3 Å². The van der Waals surface area contributed by atoms with Crippen molar-refractivity contribution >= 4 is 11.9 Å². The molecule has 0 N–H and O–H groups in total. The van der Waals surface area contributed by atoms with Crippen molar-refractivity contribution in [2.24, 2.45) is 11.8 Å². The number of rotatable bonds is 11. The number of carbonyl (C=O) groups is 2. The standard InChI is InChI=1S/C18H33NO3/c1-4-6-8-9-10-11-13-22-18(21)16-14-19(12-7-5-2)17(20)15(16)3/h15-16H,4-14H2,1-3H3. The summed E-state index contributed by atoms with van der Waals surface area (Å²) < 4.78 is 5.39. The van der Waals surface area contributed by atoms with Crippen LogP contribution in [0.4, 0.5) is 0 Å². The number of hydrogen-bond donors (Lipinski definition) is 0. The van der Waals surface area contributed by atoms with Crippen LogP contribution in [0.1, 0.15) is 72.1 Å². The van der Waals surface area contributed by atoms with Crippen LogP contribution in [0.25, 0.3) is 0 Å². The van der Waals surface area contributed by atoms with Crippen LogP contribution in [-0.2, 0) is 14.3 Å². The van der Waals surface area contributed by atoms with Crippen molar-refractivity contribution in [1.29, 1.82) is 0 Å². The molecular formula is C18H33NO3. The Hall–Kier alpha value is -1.06. The van der Waals surface area contributed by atoms with E-state index in [1.807, 2.05) is 11.8 Å². The summed E-state index contributed by atoms with van der Waals surface area (Å²) >= 11 is 0. The minimum absolute atomic E-state index is 0.106. The molecule has 0 aromatic carbocycles. The zero-order valence-electron chi connectivity index (χ0n) is 14.6. The number of ether oxygens (including phenoxy) is 1. The summed E-state index contributed by atoms with van der Waals surface area (Å²) in [6, 6.07) is 0. The van der Waals surface area contributed by atoms with E-state index in [-0.39, 0.29) is 23.7 Å². The molecule has 1 aliphatic rings. The molecule has 1 aliphatic heterocycles. The third-order valence-corrected chi connectivity index (χ3v) is 4.55. The number of unbranched alkanes of at least 4 members (excludes halogenated alkanes) is 6. The number of esters is 1. The van der Waals surface area contributed by atoms with Crippen molar-refractivity contribution < 1.29 is 14.3 Å². The molecular weight excluding hydrogens is 278 g/mol. The highest BCUT2D eigenvalue weighted by atomic mass is 16.5. The highest BCUT2D eigenvalue weighted by Gasteiger charge is 2.41. The maximum atomic E-state index is 12.2. The van der Waals surface area contributed by atoms with Gasteiger partial charge in [0.05, 0.1) is 18.4 Å². The summed E-state index contributed by atoms with van der Waals surface area (Å²) in [5.41, 5.74) is 0. The predicted molar refractivity (Wildman–Crippen MR) is 88.5 cm³/mol. The van der Waals surface area contributed by atoms with Gasteiger partial charge in [0.2, 0.25) is 5.91 Å². The number of carbonyl (C=O) groups excluding carboxylic acids is 2. The van der Waals surface area contributed by atoms with Gasteiger partial charge in [-0.05, 0) is 12.8 Å². The molecule has 1 rings (SSSR count). The van der Waals surface area contributed by atoms with E-state index in [2.05, 4.69) is 13.8 Å². The molecule has 128 valence electrons. The normalized spacial score (nSPS) is 21.4. The van der Waals surface area contributed by atoms with E-state index in [0.717, 1.165) is 32.2 Å². The molecule has 0 aliphatic carbocycles. The molecule has 22 heavy (non-hydrogen) atoms. The molecule has 1 saturated heterocycles. The van der Waals surface area contributed by atoms with Crippen molar-refractivity contribution in [2.45, 2.75) is 72.1 Å². The minimum atomic E-state index is -0.274. The molecule has 4 heteroatoms. The van der Waals surface area contributed by atoms with Gasteiger partial charge in [0.15, 0.2) is 0 Å². The smallest absolute Gasteiger partial charge is 0.311 e. The Bertz CT molecular complexity index is 343. The summed E-state index contributed by atoms with van der Waals surface area (Å²) in [7, 11) is 0. The Morgan fingerprint density at radius 3 is 2.41 bits per heavy atom. The Morgan fingerprint density at radius 2 is 1.73 bits per heavy atom. The molecule has 1 fully saturated rings. The highest BCUT2D eigenvalue weighted by molar-refractivity contribution is 5.88. The van der Waals surface area contributed by atoms with Crippen molar-refractivity contribution in [1.82, 2.24) is 4.90 Å². The van der Waals surface area contributed by atoms with Gasteiger partial charge in [-0.3, -0.25) is 9.59 Å². The summed E-state index contributed by atoms with van der Waals surface area (Å²) in [6.07, 6.45) is 9.13. The molecule has 0 aromatic rings. The predicted octanol–water partition coefficient (Wildman–Crippen LogP) is 3.78. The van der Waals surface area contributed by atoms with Gasteiger partial charge in [0.1, 0.15) is 0 Å². The minimum Gasteiger partial charge on any atom is -0.465 e. The first-order valence-electron chi connectivity index (χ1n) is 9.07. The second-order valence-corrected chi connectivity index (χ2v) is 6.47. The third kappa shape index (κ3) is 5.98. The highest BCUT2D eigenvalue weighted by Crippen LogP contribution is 2.26. The van der Waals surface area contributed by atoms with E-state index in [0.29, 0.717) is 13.2 Å². The zero-order valence-corrected chi connectivity index (χ0v) is 14.6. The Balaban J connectivity index is 2.23. The molecule has 1 heterocycles.